The van der Waals surface area contributed by atoms with E-state index in [1.165, 1.54) is 289 Å². The average molecular weight is 1270 g/mol. The standard InChI is InChI=1S/C80H151N2O6P/c1-6-8-10-12-14-16-18-20-22-24-26-28-30-32-34-36-37-38-39-40-41-42-43-44-45-46-48-50-52-54-56-58-60-62-64-66-68-70-72-74-80(84)81-78(77-88-89(85,86)87-76-75-82(3,4)5)79(83)73-71-69-67-65-63-61-59-57-55-53-51-49-47-35-33-31-29-27-25-23-21-19-17-15-13-11-9-7-2/h8,10,14,16,20,22,26,28,32,34,71,73,78-79,83H,6-7,9,11-13,15,17-19,21,23-25,27,29-31,33,35-70,72,74-77H2,1-5H3,(H-,81,84,85,86)/p+1/b10-8-,16-14-,22-20-,28-26-,34-32-,73-71+. The summed E-state index contributed by atoms with van der Waals surface area (Å²) in [7, 11) is 1.59. The highest BCUT2D eigenvalue weighted by molar-refractivity contribution is 7.47. The maximum atomic E-state index is 13.1. The molecule has 0 aliphatic heterocycles. The first-order valence-corrected chi connectivity index (χ1v) is 40.3. The Bertz CT molecular complexity index is 1680. The molecule has 0 aliphatic carbocycles. The van der Waals surface area contributed by atoms with Gasteiger partial charge in [-0.2, -0.15) is 0 Å². The Morgan fingerprint density at radius 1 is 0.393 bits per heavy atom. The Kier molecular flexibility index (Phi) is 68.6. The molecule has 0 aromatic rings. The number of unbranched alkanes of at least 4 members (excludes halogenated alkanes) is 49. The summed E-state index contributed by atoms with van der Waals surface area (Å²) in [6, 6.07) is -0.849. The van der Waals surface area contributed by atoms with Crippen molar-refractivity contribution < 1.29 is 32.9 Å². The number of hydrogen-bond donors (Lipinski definition) is 3. The average Bonchev–Trinajstić information content (AvgIpc) is 3.55. The van der Waals surface area contributed by atoms with Crippen molar-refractivity contribution in [2.24, 2.45) is 0 Å². The van der Waals surface area contributed by atoms with Gasteiger partial charge in [-0.3, -0.25) is 13.8 Å². The third-order valence-corrected chi connectivity index (χ3v) is 18.7. The SMILES string of the molecule is CC/C=C\C/C=C\C/C=C\C/C=C\C/C=C\CCCCCCCCCCCCCCCCCCCCCCCCCC(=O)NC(COP(=O)(O)OCC[N+](C)(C)C)C(O)/C=C/CCCCCCCCCCCCCCCCCCCCCCCCCCCC. The van der Waals surface area contributed by atoms with Crippen molar-refractivity contribution >= 4 is 13.7 Å². The third kappa shape index (κ3) is 73.2. The van der Waals surface area contributed by atoms with E-state index in [4.69, 9.17) is 9.05 Å². The molecular formula is C80H152N2O6P+. The summed E-state index contributed by atoms with van der Waals surface area (Å²) >= 11 is 0. The van der Waals surface area contributed by atoms with Gasteiger partial charge in [0.15, 0.2) is 0 Å². The fourth-order valence-electron chi connectivity index (χ4n) is 11.7. The van der Waals surface area contributed by atoms with Crippen LogP contribution in [-0.4, -0.2) is 73.4 Å². The van der Waals surface area contributed by atoms with E-state index in [-0.39, 0.29) is 19.1 Å². The minimum absolute atomic E-state index is 0.0625. The number of nitrogens with zero attached hydrogens (tertiary/aromatic N) is 1. The molecular weight excluding hydrogens is 1120 g/mol. The van der Waals surface area contributed by atoms with E-state index >= 15 is 0 Å². The minimum atomic E-state index is -4.36. The number of carbonyl (C=O) groups excluding carboxylic acids is 1. The van der Waals surface area contributed by atoms with Crippen LogP contribution in [0.5, 0.6) is 0 Å². The Morgan fingerprint density at radius 2 is 0.674 bits per heavy atom. The van der Waals surface area contributed by atoms with E-state index in [0.717, 1.165) is 70.6 Å². The van der Waals surface area contributed by atoms with E-state index in [2.05, 4.69) is 79.9 Å². The number of aliphatic hydroxyl groups is 1. The highest BCUT2D eigenvalue weighted by Crippen LogP contribution is 2.43. The number of likely N-dealkylation sites (N-methyl/N-ethyl adjacent to an activating group) is 1. The topological polar surface area (TPSA) is 105 Å². The van der Waals surface area contributed by atoms with Crippen molar-refractivity contribution in [3.8, 4) is 0 Å². The second-order valence-corrected chi connectivity index (χ2v) is 29.2. The molecule has 0 aromatic heterocycles. The highest BCUT2D eigenvalue weighted by Gasteiger charge is 2.28. The number of allylic oxidation sites excluding steroid dienone is 11. The predicted octanol–water partition coefficient (Wildman–Crippen LogP) is 25.3. The highest BCUT2D eigenvalue weighted by atomic mass is 31.2. The van der Waals surface area contributed by atoms with Crippen LogP contribution in [0.25, 0.3) is 0 Å². The molecule has 522 valence electrons. The predicted molar refractivity (Wildman–Crippen MR) is 392 cm³/mol. The van der Waals surface area contributed by atoms with Crippen molar-refractivity contribution in [1.29, 1.82) is 0 Å². The van der Waals surface area contributed by atoms with Crippen LogP contribution in [0.4, 0.5) is 0 Å². The zero-order valence-corrected chi connectivity index (χ0v) is 60.8. The van der Waals surface area contributed by atoms with Crippen LogP contribution in [-0.2, 0) is 18.4 Å². The van der Waals surface area contributed by atoms with Gasteiger partial charge in [-0.1, -0.05) is 382 Å². The van der Waals surface area contributed by atoms with Gasteiger partial charge in [0, 0.05) is 6.42 Å². The Hall–Kier alpha value is -2.06. The van der Waals surface area contributed by atoms with Gasteiger partial charge < -0.3 is 19.8 Å². The molecule has 0 rings (SSSR count). The lowest BCUT2D eigenvalue weighted by Crippen LogP contribution is -2.45. The normalized spacial score (nSPS) is 13.9. The third-order valence-electron chi connectivity index (χ3n) is 17.7. The minimum Gasteiger partial charge on any atom is -0.387 e. The van der Waals surface area contributed by atoms with Gasteiger partial charge >= 0.3 is 7.82 Å². The summed E-state index contributed by atoms with van der Waals surface area (Å²) in [5.74, 6) is -0.170. The van der Waals surface area contributed by atoms with E-state index in [9.17, 15) is 19.4 Å². The first-order valence-electron chi connectivity index (χ1n) is 38.8. The van der Waals surface area contributed by atoms with E-state index in [1.54, 1.807) is 6.08 Å². The monoisotopic (exact) mass is 1270 g/mol. The summed E-state index contributed by atoms with van der Waals surface area (Å²) in [6.07, 6.45) is 99.4. The molecule has 3 N–H and O–H groups in total. The summed E-state index contributed by atoms with van der Waals surface area (Å²) in [4.78, 5) is 23.5. The number of carbonyl (C=O) groups is 1. The molecule has 0 bridgehead atoms. The first-order chi connectivity index (χ1) is 43.5. The van der Waals surface area contributed by atoms with Crippen LogP contribution >= 0.6 is 7.82 Å². The van der Waals surface area contributed by atoms with Crippen LogP contribution in [0.3, 0.4) is 0 Å². The molecule has 1 amide bonds. The molecule has 0 heterocycles. The summed E-state index contributed by atoms with van der Waals surface area (Å²) < 4.78 is 23.9. The largest absolute Gasteiger partial charge is 0.472 e. The van der Waals surface area contributed by atoms with Gasteiger partial charge in [-0.05, 0) is 64.2 Å². The van der Waals surface area contributed by atoms with Crippen molar-refractivity contribution in [2.45, 2.75) is 392 Å². The molecule has 3 unspecified atom stereocenters. The number of amides is 1. The molecule has 9 heteroatoms. The van der Waals surface area contributed by atoms with Gasteiger partial charge in [-0.15, -0.1) is 0 Å². The number of phosphoric ester groups is 1. The molecule has 0 saturated carbocycles. The molecule has 0 aromatic carbocycles. The zero-order chi connectivity index (χ0) is 64.8. The Morgan fingerprint density at radius 3 is 0.989 bits per heavy atom. The molecule has 0 aliphatic rings. The number of aliphatic hydroxyl groups excluding tert-OH is 1. The fraction of sp³-hybridized carbons (Fsp3) is 0.838. The summed E-state index contributed by atoms with van der Waals surface area (Å²) in [5.41, 5.74) is 0. The lowest BCUT2D eigenvalue weighted by Gasteiger charge is -2.25. The van der Waals surface area contributed by atoms with Crippen molar-refractivity contribution in [3.05, 3.63) is 72.9 Å². The van der Waals surface area contributed by atoms with Gasteiger partial charge in [0.2, 0.25) is 5.91 Å². The molecule has 0 saturated heterocycles. The number of phosphoric acid groups is 1. The number of quaternary nitrogens is 1. The maximum Gasteiger partial charge on any atom is 0.472 e. The number of hydrogen-bond acceptors (Lipinski definition) is 5. The van der Waals surface area contributed by atoms with Crippen LogP contribution in [0.2, 0.25) is 0 Å². The maximum absolute atomic E-state index is 13.1. The van der Waals surface area contributed by atoms with Crippen molar-refractivity contribution in [2.75, 3.05) is 40.9 Å². The van der Waals surface area contributed by atoms with E-state index < -0.39 is 20.0 Å². The molecule has 0 spiro atoms. The lowest BCUT2D eigenvalue weighted by molar-refractivity contribution is -0.870. The zero-order valence-electron chi connectivity index (χ0n) is 59.9. The summed E-state index contributed by atoms with van der Waals surface area (Å²) in [6.45, 7) is 4.76. The molecule has 0 radical (unpaired) electrons. The Labute approximate surface area is 554 Å². The first kappa shape index (κ1) is 86.9. The second-order valence-electron chi connectivity index (χ2n) is 27.7. The van der Waals surface area contributed by atoms with Crippen LogP contribution in [0.1, 0.15) is 380 Å². The smallest absolute Gasteiger partial charge is 0.387 e. The molecule has 89 heavy (non-hydrogen) atoms. The summed E-state index contributed by atoms with van der Waals surface area (Å²) in [5, 5.41) is 14.1. The van der Waals surface area contributed by atoms with Crippen LogP contribution in [0.15, 0.2) is 72.9 Å². The lowest BCUT2D eigenvalue weighted by atomic mass is 10.0. The number of nitrogens with one attached hydrogen (secondary N) is 1. The molecule has 3 atom stereocenters. The van der Waals surface area contributed by atoms with E-state index in [0.29, 0.717) is 17.4 Å². The van der Waals surface area contributed by atoms with Crippen molar-refractivity contribution in [3.63, 3.8) is 0 Å². The van der Waals surface area contributed by atoms with Crippen LogP contribution in [0, 0.1) is 0 Å². The van der Waals surface area contributed by atoms with Crippen LogP contribution < -0.4 is 5.32 Å². The molecule has 0 fully saturated rings. The van der Waals surface area contributed by atoms with E-state index in [1.807, 2.05) is 27.2 Å². The van der Waals surface area contributed by atoms with Gasteiger partial charge in [0.05, 0.1) is 39.9 Å². The second kappa shape index (κ2) is 70.3. The number of rotatable bonds is 72. The van der Waals surface area contributed by atoms with Crippen molar-refractivity contribution in [1.82, 2.24) is 5.32 Å². The Balaban J connectivity index is 3.96. The van der Waals surface area contributed by atoms with Gasteiger partial charge in [0.1, 0.15) is 13.2 Å². The fourth-order valence-corrected chi connectivity index (χ4v) is 12.5. The quantitative estimate of drug-likeness (QED) is 0.0243. The van der Waals surface area contributed by atoms with Gasteiger partial charge in [-0.25, -0.2) is 4.57 Å². The van der Waals surface area contributed by atoms with Gasteiger partial charge in [0.25, 0.3) is 0 Å². The molecule has 8 nitrogen and oxygen atoms in total.